The zero-order chi connectivity index (χ0) is 16.7. The third-order valence-electron chi connectivity index (χ3n) is 2.89. The van der Waals surface area contributed by atoms with Crippen LogP contribution in [0.3, 0.4) is 0 Å². The van der Waals surface area contributed by atoms with E-state index >= 15 is 0 Å². The van der Waals surface area contributed by atoms with Crippen LogP contribution >= 0.6 is 23.2 Å². The highest BCUT2D eigenvalue weighted by Gasteiger charge is 2.11. The highest BCUT2D eigenvalue weighted by atomic mass is 35.5. The van der Waals surface area contributed by atoms with Crippen LogP contribution in [0.4, 0.5) is 0 Å². The maximum Gasteiger partial charge on any atom is 0.239 e. The van der Waals surface area contributed by atoms with E-state index in [9.17, 15) is 4.79 Å². The number of aliphatic imine (C=N–C) groups is 1. The molecule has 1 aromatic rings. The molecule has 3 N–H and O–H groups in total. The van der Waals surface area contributed by atoms with Gasteiger partial charge in [-0.1, -0.05) is 29.3 Å². The second kappa shape index (κ2) is 8.86. The number of halogens is 2. The largest absolute Gasteiger partial charge is 0.352 e. The first kappa shape index (κ1) is 18.6. The molecule has 0 saturated heterocycles. The van der Waals surface area contributed by atoms with E-state index < -0.39 is 0 Å². The molecule has 0 aliphatic rings. The van der Waals surface area contributed by atoms with E-state index in [1.54, 1.807) is 19.2 Å². The third-order valence-corrected chi connectivity index (χ3v) is 3.63. The summed E-state index contributed by atoms with van der Waals surface area (Å²) in [6, 6.07) is 5.53. The number of hydrogen-bond donors (Lipinski definition) is 3. The molecule has 1 atom stereocenters. The molecule has 1 amide bonds. The Hall–Kier alpha value is -1.46. The van der Waals surface area contributed by atoms with Crippen LogP contribution in [0.2, 0.25) is 10.0 Å². The minimum atomic E-state index is -0.0832. The molecule has 0 spiro atoms. The lowest BCUT2D eigenvalue weighted by atomic mass is 10.1. The molecule has 0 aliphatic carbocycles. The Balaban J connectivity index is 2.58. The number of nitrogens with one attached hydrogen (secondary N) is 3. The number of rotatable bonds is 5. The quantitative estimate of drug-likeness (QED) is 0.568. The van der Waals surface area contributed by atoms with Crippen LogP contribution in [0, 0.1) is 0 Å². The van der Waals surface area contributed by atoms with E-state index in [1.165, 1.54) is 0 Å². The van der Waals surface area contributed by atoms with Gasteiger partial charge < -0.3 is 16.0 Å². The van der Waals surface area contributed by atoms with Gasteiger partial charge in [0.25, 0.3) is 0 Å². The van der Waals surface area contributed by atoms with Crippen molar-refractivity contribution in [2.75, 3.05) is 13.6 Å². The highest BCUT2D eigenvalue weighted by molar-refractivity contribution is 6.42. The maximum absolute atomic E-state index is 11.6. The van der Waals surface area contributed by atoms with Crippen molar-refractivity contribution >= 4 is 35.1 Å². The van der Waals surface area contributed by atoms with Crippen LogP contribution in [0.25, 0.3) is 0 Å². The number of carbonyl (C=O) groups is 1. The average molecular weight is 345 g/mol. The number of hydrogen-bond acceptors (Lipinski definition) is 2. The monoisotopic (exact) mass is 344 g/mol. The Morgan fingerprint density at radius 2 is 1.86 bits per heavy atom. The summed E-state index contributed by atoms with van der Waals surface area (Å²) >= 11 is 11.9. The SMILES string of the molecule is CN=C(NCC(=O)NC(C)C)NC(C)c1ccc(Cl)c(Cl)c1. The number of guanidine groups is 1. The van der Waals surface area contributed by atoms with Crippen LogP contribution in [0.15, 0.2) is 23.2 Å². The van der Waals surface area contributed by atoms with Gasteiger partial charge in [-0.15, -0.1) is 0 Å². The minimum Gasteiger partial charge on any atom is -0.352 e. The van der Waals surface area contributed by atoms with Crippen molar-refractivity contribution in [2.45, 2.75) is 32.9 Å². The van der Waals surface area contributed by atoms with Gasteiger partial charge >= 0.3 is 0 Å². The summed E-state index contributed by atoms with van der Waals surface area (Å²) in [4.78, 5) is 15.7. The normalized spacial score (nSPS) is 13.0. The summed E-state index contributed by atoms with van der Waals surface area (Å²) in [5.74, 6) is 0.456. The van der Waals surface area contributed by atoms with Gasteiger partial charge in [-0.05, 0) is 38.5 Å². The molecule has 5 nitrogen and oxygen atoms in total. The average Bonchev–Trinajstić information content (AvgIpc) is 2.45. The highest BCUT2D eigenvalue weighted by Crippen LogP contribution is 2.25. The van der Waals surface area contributed by atoms with Gasteiger partial charge in [-0.3, -0.25) is 9.79 Å². The van der Waals surface area contributed by atoms with Gasteiger partial charge in [0.2, 0.25) is 5.91 Å². The smallest absolute Gasteiger partial charge is 0.239 e. The summed E-state index contributed by atoms with van der Waals surface area (Å²) in [6.07, 6.45) is 0. The molecule has 0 fully saturated rings. The summed E-state index contributed by atoms with van der Waals surface area (Å²) in [6.45, 7) is 5.96. The number of nitrogens with zero attached hydrogens (tertiary/aromatic N) is 1. The van der Waals surface area contributed by atoms with E-state index in [4.69, 9.17) is 23.2 Å². The van der Waals surface area contributed by atoms with Gasteiger partial charge in [0, 0.05) is 13.1 Å². The standard InChI is InChI=1S/C15H22Cl2N4O/c1-9(2)20-14(22)8-19-15(18-4)21-10(3)11-5-6-12(16)13(17)7-11/h5-7,9-10H,8H2,1-4H3,(H,20,22)(H2,18,19,21). The topological polar surface area (TPSA) is 65.5 Å². The van der Waals surface area contributed by atoms with Crippen molar-refractivity contribution in [2.24, 2.45) is 4.99 Å². The zero-order valence-electron chi connectivity index (χ0n) is 13.2. The Labute approximate surface area is 141 Å². The molecular weight excluding hydrogens is 323 g/mol. The summed E-state index contributed by atoms with van der Waals surface area (Å²) < 4.78 is 0. The van der Waals surface area contributed by atoms with E-state index in [0.717, 1.165) is 5.56 Å². The first-order valence-corrected chi connectivity index (χ1v) is 7.80. The van der Waals surface area contributed by atoms with Crippen molar-refractivity contribution < 1.29 is 4.79 Å². The molecule has 0 bridgehead atoms. The molecule has 22 heavy (non-hydrogen) atoms. The van der Waals surface area contributed by atoms with E-state index in [0.29, 0.717) is 16.0 Å². The molecule has 0 radical (unpaired) electrons. The van der Waals surface area contributed by atoms with Gasteiger partial charge in [0.05, 0.1) is 22.6 Å². The minimum absolute atomic E-state index is 0.0332. The van der Waals surface area contributed by atoms with Crippen molar-refractivity contribution in [1.82, 2.24) is 16.0 Å². The fourth-order valence-electron chi connectivity index (χ4n) is 1.80. The van der Waals surface area contributed by atoms with Crippen molar-refractivity contribution in [3.05, 3.63) is 33.8 Å². The lowest BCUT2D eigenvalue weighted by Crippen LogP contribution is -2.45. The fourth-order valence-corrected chi connectivity index (χ4v) is 2.11. The fraction of sp³-hybridized carbons (Fsp3) is 0.467. The van der Waals surface area contributed by atoms with Crippen LogP contribution in [0.1, 0.15) is 32.4 Å². The number of carbonyl (C=O) groups excluding carboxylic acids is 1. The van der Waals surface area contributed by atoms with Crippen LogP contribution in [-0.2, 0) is 4.79 Å². The molecule has 0 heterocycles. The van der Waals surface area contributed by atoms with Gasteiger partial charge in [0.1, 0.15) is 0 Å². The second-order valence-electron chi connectivity index (χ2n) is 5.19. The molecule has 0 saturated carbocycles. The van der Waals surface area contributed by atoms with Crippen molar-refractivity contribution in [3.63, 3.8) is 0 Å². The molecular formula is C15H22Cl2N4O. The Kier molecular flexibility index (Phi) is 7.48. The predicted octanol–water partition coefficient (Wildman–Crippen LogP) is 2.74. The number of amides is 1. The summed E-state index contributed by atoms with van der Waals surface area (Å²) in [5, 5.41) is 9.99. The van der Waals surface area contributed by atoms with E-state index in [2.05, 4.69) is 20.9 Å². The number of benzene rings is 1. The first-order valence-electron chi connectivity index (χ1n) is 7.05. The van der Waals surface area contributed by atoms with Crippen LogP contribution < -0.4 is 16.0 Å². The van der Waals surface area contributed by atoms with Gasteiger partial charge in [-0.25, -0.2) is 0 Å². The lowest BCUT2D eigenvalue weighted by molar-refractivity contribution is -0.120. The molecule has 0 aliphatic heterocycles. The first-order chi connectivity index (χ1) is 10.3. The molecule has 7 heteroatoms. The Morgan fingerprint density at radius 1 is 1.18 bits per heavy atom. The molecule has 0 aromatic heterocycles. The van der Waals surface area contributed by atoms with Crippen LogP contribution in [0.5, 0.6) is 0 Å². The van der Waals surface area contributed by atoms with Gasteiger partial charge in [0.15, 0.2) is 5.96 Å². The molecule has 1 aromatic carbocycles. The maximum atomic E-state index is 11.6. The van der Waals surface area contributed by atoms with E-state index in [-0.39, 0.29) is 24.5 Å². The van der Waals surface area contributed by atoms with Crippen molar-refractivity contribution in [3.8, 4) is 0 Å². The predicted molar refractivity (Wildman–Crippen MR) is 92.7 cm³/mol. The third kappa shape index (κ3) is 6.12. The van der Waals surface area contributed by atoms with Crippen molar-refractivity contribution in [1.29, 1.82) is 0 Å². The Bertz CT molecular complexity index is 546. The van der Waals surface area contributed by atoms with Crippen LogP contribution in [-0.4, -0.2) is 31.5 Å². The molecule has 1 unspecified atom stereocenters. The van der Waals surface area contributed by atoms with Gasteiger partial charge in [-0.2, -0.15) is 0 Å². The summed E-state index contributed by atoms with van der Waals surface area (Å²) in [7, 11) is 1.65. The lowest BCUT2D eigenvalue weighted by Gasteiger charge is -2.19. The Morgan fingerprint density at radius 3 is 2.41 bits per heavy atom. The summed E-state index contributed by atoms with van der Waals surface area (Å²) in [5.41, 5.74) is 0.976. The molecule has 122 valence electrons. The van der Waals surface area contributed by atoms with E-state index in [1.807, 2.05) is 26.8 Å². The zero-order valence-corrected chi connectivity index (χ0v) is 14.7. The molecule has 1 rings (SSSR count). The second-order valence-corrected chi connectivity index (χ2v) is 6.00.